The average Bonchev–Trinajstić information content (AvgIpc) is 2.27. The number of esters is 2. The van der Waals surface area contributed by atoms with Gasteiger partial charge in [0.25, 0.3) is 0 Å². The van der Waals surface area contributed by atoms with Crippen molar-refractivity contribution in [1.82, 2.24) is 0 Å². The van der Waals surface area contributed by atoms with Gasteiger partial charge in [0.05, 0.1) is 26.2 Å². The first-order valence-electron chi connectivity index (χ1n) is 4.79. The fourth-order valence-corrected chi connectivity index (χ4v) is 1.11. The molecule has 1 aliphatic heterocycles. The Kier molecular flexibility index (Phi) is 4.66. The van der Waals surface area contributed by atoms with Crippen LogP contribution in [-0.4, -0.2) is 25.3 Å². The number of carbonyl (C=O) groups is 2. The van der Waals surface area contributed by atoms with Crippen molar-refractivity contribution < 1.29 is 23.8 Å². The maximum Gasteiger partial charge on any atom is 0.309 e. The zero-order valence-corrected chi connectivity index (χ0v) is 8.60. The van der Waals surface area contributed by atoms with Crippen molar-refractivity contribution in [2.45, 2.75) is 32.0 Å². The fourth-order valence-electron chi connectivity index (χ4n) is 1.11. The lowest BCUT2D eigenvalue weighted by Crippen LogP contribution is -2.21. The molecule has 1 heterocycles. The topological polar surface area (TPSA) is 61.8 Å². The lowest BCUT2D eigenvalue weighted by Gasteiger charge is -2.19. The molecule has 0 amide bonds. The van der Waals surface area contributed by atoms with Crippen molar-refractivity contribution >= 4 is 11.9 Å². The summed E-state index contributed by atoms with van der Waals surface area (Å²) in [4.78, 5) is 21.9. The Morgan fingerprint density at radius 1 is 1.40 bits per heavy atom. The molecule has 0 saturated carbocycles. The Balaban J connectivity index is 2.18. The van der Waals surface area contributed by atoms with E-state index in [1.165, 1.54) is 13.4 Å². The van der Waals surface area contributed by atoms with E-state index in [1.54, 1.807) is 0 Å². The Morgan fingerprint density at radius 3 is 2.73 bits per heavy atom. The van der Waals surface area contributed by atoms with E-state index >= 15 is 0 Å². The highest BCUT2D eigenvalue weighted by Gasteiger charge is 2.16. The van der Waals surface area contributed by atoms with Gasteiger partial charge in [-0.05, 0) is 12.5 Å². The van der Waals surface area contributed by atoms with Crippen LogP contribution in [0, 0.1) is 0 Å². The van der Waals surface area contributed by atoms with Crippen molar-refractivity contribution in [3.63, 3.8) is 0 Å². The van der Waals surface area contributed by atoms with Gasteiger partial charge in [0.15, 0.2) is 0 Å². The van der Waals surface area contributed by atoms with Crippen LogP contribution in [0.4, 0.5) is 0 Å². The SMILES string of the molecule is COC(=O)CCC(=O)OC1CCC=CO1. The number of ether oxygens (including phenoxy) is 3. The Labute approximate surface area is 88.0 Å². The molecule has 1 aliphatic rings. The van der Waals surface area contributed by atoms with Crippen LogP contribution < -0.4 is 0 Å². The molecular formula is C10H14O5. The summed E-state index contributed by atoms with van der Waals surface area (Å²) in [5, 5.41) is 0. The van der Waals surface area contributed by atoms with Gasteiger partial charge in [-0.15, -0.1) is 0 Å². The van der Waals surface area contributed by atoms with Crippen LogP contribution in [0.25, 0.3) is 0 Å². The molecule has 0 aromatic rings. The summed E-state index contributed by atoms with van der Waals surface area (Å²) >= 11 is 0. The van der Waals surface area contributed by atoms with Gasteiger partial charge in [0.2, 0.25) is 6.29 Å². The van der Waals surface area contributed by atoms with Gasteiger partial charge in [0.1, 0.15) is 0 Å². The molecule has 0 saturated heterocycles. The number of hydrogen-bond acceptors (Lipinski definition) is 5. The van der Waals surface area contributed by atoms with Crippen molar-refractivity contribution in [2.24, 2.45) is 0 Å². The van der Waals surface area contributed by atoms with Crippen LogP contribution in [0.1, 0.15) is 25.7 Å². The van der Waals surface area contributed by atoms with Crippen molar-refractivity contribution in [2.75, 3.05) is 7.11 Å². The normalized spacial score (nSPS) is 19.1. The predicted molar refractivity (Wildman–Crippen MR) is 50.6 cm³/mol. The molecule has 15 heavy (non-hydrogen) atoms. The van der Waals surface area contributed by atoms with E-state index in [4.69, 9.17) is 9.47 Å². The van der Waals surface area contributed by atoms with Gasteiger partial charge in [-0.25, -0.2) is 0 Å². The number of hydrogen-bond donors (Lipinski definition) is 0. The summed E-state index contributed by atoms with van der Waals surface area (Å²) in [6.45, 7) is 0. The highest BCUT2D eigenvalue weighted by Crippen LogP contribution is 2.12. The van der Waals surface area contributed by atoms with E-state index in [0.717, 1.165) is 6.42 Å². The summed E-state index contributed by atoms with van der Waals surface area (Å²) in [5.41, 5.74) is 0. The molecule has 5 nitrogen and oxygen atoms in total. The maximum atomic E-state index is 11.2. The van der Waals surface area contributed by atoms with Crippen molar-refractivity contribution in [1.29, 1.82) is 0 Å². The minimum Gasteiger partial charge on any atom is -0.469 e. The summed E-state index contributed by atoms with van der Waals surface area (Å²) in [5.74, 6) is -0.864. The minimum absolute atomic E-state index is 0.0241. The molecule has 84 valence electrons. The number of methoxy groups -OCH3 is 1. The van der Waals surface area contributed by atoms with Crippen LogP contribution in [0.15, 0.2) is 12.3 Å². The first kappa shape index (κ1) is 11.6. The van der Waals surface area contributed by atoms with Crippen LogP contribution in [-0.2, 0) is 23.8 Å². The lowest BCUT2D eigenvalue weighted by atomic mass is 10.2. The van der Waals surface area contributed by atoms with E-state index < -0.39 is 18.2 Å². The second-order valence-corrected chi connectivity index (χ2v) is 3.08. The fraction of sp³-hybridized carbons (Fsp3) is 0.600. The molecule has 0 spiro atoms. The van der Waals surface area contributed by atoms with Gasteiger partial charge in [-0.2, -0.15) is 0 Å². The Bertz CT molecular complexity index is 259. The quantitative estimate of drug-likeness (QED) is 0.656. The summed E-state index contributed by atoms with van der Waals surface area (Å²) in [6.07, 6.45) is 4.41. The minimum atomic E-state index is -0.514. The van der Waals surface area contributed by atoms with Gasteiger partial charge in [0, 0.05) is 6.42 Å². The lowest BCUT2D eigenvalue weighted by molar-refractivity contribution is -0.172. The molecule has 0 N–H and O–H groups in total. The predicted octanol–water partition coefficient (Wildman–Crippen LogP) is 1.13. The van der Waals surface area contributed by atoms with Gasteiger partial charge in [-0.1, -0.05) is 0 Å². The highest BCUT2D eigenvalue weighted by molar-refractivity contribution is 5.77. The molecule has 1 rings (SSSR count). The third kappa shape index (κ3) is 4.49. The average molecular weight is 214 g/mol. The molecule has 0 aliphatic carbocycles. The number of rotatable bonds is 4. The molecule has 0 bridgehead atoms. The summed E-state index contributed by atoms with van der Waals surface area (Å²) in [7, 11) is 1.28. The van der Waals surface area contributed by atoms with Crippen LogP contribution >= 0.6 is 0 Å². The molecule has 5 heteroatoms. The van der Waals surface area contributed by atoms with E-state index in [0.29, 0.717) is 6.42 Å². The first-order valence-corrected chi connectivity index (χ1v) is 4.79. The highest BCUT2D eigenvalue weighted by atomic mass is 16.7. The van der Waals surface area contributed by atoms with Crippen molar-refractivity contribution in [3.8, 4) is 0 Å². The molecule has 0 fully saturated rings. The van der Waals surface area contributed by atoms with Crippen LogP contribution in [0.5, 0.6) is 0 Å². The van der Waals surface area contributed by atoms with Crippen LogP contribution in [0.3, 0.4) is 0 Å². The molecular weight excluding hydrogens is 200 g/mol. The van der Waals surface area contributed by atoms with E-state index in [2.05, 4.69) is 4.74 Å². The second-order valence-electron chi connectivity index (χ2n) is 3.08. The van der Waals surface area contributed by atoms with Gasteiger partial charge < -0.3 is 14.2 Å². The maximum absolute atomic E-state index is 11.2. The van der Waals surface area contributed by atoms with E-state index in [-0.39, 0.29) is 12.8 Å². The second kappa shape index (κ2) is 6.06. The van der Waals surface area contributed by atoms with E-state index in [1.807, 2.05) is 6.08 Å². The van der Waals surface area contributed by atoms with Gasteiger partial charge in [-0.3, -0.25) is 9.59 Å². The van der Waals surface area contributed by atoms with E-state index in [9.17, 15) is 9.59 Å². The number of carbonyl (C=O) groups excluding carboxylic acids is 2. The molecule has 1 unspecified atom stereocenters. The van der Waals surface area contributed by atoms with Crippen molar-refractivity contribution in [3.05, 3.63) is 12.3 Å². The molecule has 0 aromatic carbocycles. The number of allylic oxidation sites excluding steroid dienone is 1. The molecule has 1 atom stereocenters. The largest absolute Gasteiger partial charge is 0.469 e. The molecule has 0 aromatic heterocycles. The Morgan fingerprint density at radius 2 is 2.13 bits per heavy atom. The standard InChI is InChI=1S/C10H14O5/c1-13-8(11)5-6-9(12)15-10-4-2-3-7-14-10/h3,7,10H,2,4-6H2,1H3. The first-order chi connectivity index (χ1) is 7.22. The molecule has 0 radical (unpaired) electrons. The smallest absolute Gasteiger partial charge is 0.309 e. The third-order valence-electron chi connectivity index (χ3n) is 1.92. The zero-order chi connectivity index (χ0) is 11.1. The monoisotopic (exact) mass is 214 g/mol. The van der Waals surface area contributed by atoms with Gasteiger partial charge >= 0.3 is 11.9 Å². The summed E-state index contributed by atoms with van der Waals surface area (Å²) in [6, 6.07) is 0. The third-order valence-corrected chi connectivity index (χ3v) is 1.92. The Hall–Kier alpha value is -1.52. The van der Waals surface area contributed by atoms with Crippen LogP contribution in [0.2, 0.25) is 0 Å². The zero-order valence-electron chi connectivity index (χ0n) is 8.60. The summed E-state index contributed by atoms with van der Waals surface area (Å²) < 4.78 is 14.4.